The van der Waals surface area contributed by atoms with Crippen LogP contribution in [0, 0.1) is 0 Å². The Bertz CT molecular complexity index is 753. The highest BCUT2D eigenvalue weighted by Gasteiger charge is 2.32. The maximum atomic E-state index is 12.4. The van der Waals surface area contributed by atoms with Crippen LogP contribution in [0.5, 0.6) is 5.75 Å². The first-order valence-corrected chi connectivity index (χ1v) is 11.5. The Kier molecular flexibility index (Phi) is 8.29. The molecule has 8 heteroatoms. The number of amides is 2. The third kappa shape index (κ3) is 6.51. The van der Waals surface area contributed by atoms with Gasteiger partial charge in [-0.05, 0) is 43.4 Å². The number of carbonyl (C=O) groups is 2. The second kappa shape index (κ2) is 10.5. The van der Waals surface area contributed by atoms with Crippen LogP contribution >= 0.6 is 0 Å². The van der Waals surface area contributed by atoms with Gasteiger partial charge in [0.15, 0.2) is 9.84 Å². The Morgan fingerprint density at radius 3 is 2.39 bits per heavy atom. The first-order chi connectivity index (χ1) is 13.4. The van der Waals surface area contributed by atoms with Gasteiger partial charge in [-0.1, -0.05) is 19.1 Å². The molecule has 1 saturated heterocycles. The van der Waals surface area contributed by atoms with Crippen LogP contribution < -0.4 is 10.1 Å². The van der Waals surface area contributed by atoms with E-state index in [9.17, 15) is 18.0 Å². The van der Waals surface area contributed by atoms with Gasteiger partial charge < -0.3 is 15.0 Å². The number of likely N-dealkylation sites (tertiary alicyclic amines) is 1. The number of hydrogen-bond donors (Lipinski definition) is 1. The van der Waals surface area contributed by atoms with Crippen LogP contribution in [0.1, 0.15) is 38.2 Å². The van der Waals surface area contributed by atoms with E-state index in [0.717, 1.165) is 17.7 Å². The smallest absolute Gasteiger partial charge is 0.234 e. The Hall–Kier alpha value is -2.09. The number of sulfone groups is 1. The van der Waals surface area contributed by atoms with Crippen LogP contribution in [0.4, 0.5) is 0 Å². The summed E-state index contributed by atoms with van der Waals surface area (Å²) in [5.74, 6) is -0.116. The number of piperidine rings is 1. The van der Waals surface area contributed by atoms with E-state index in [4.69, 9.17) is 4.74 Å². The standard InChI is InChI=1S/C20H30N2O5S/c1-3-14-27-17-7-4-16(5-8-17)6-9-20(24)22-12-10-18(11-13-22)28(25,26)15-19(23)21-2/h4-5,7-8,18H,3,6,9-15H2,1-2H3,(H,21,23). The van der Waals surface area contributed by atoms with Gasteiger partial charge in [0, 0.05) is 26.6 Å². The van der Waals surface area contributed by atoms with Gasteiger partial charge in [0.25, 0.3) is 0 Å². The predicted octanol–water partition coefficient (Wildman–Crippen LogP) is 1.56. The minimum atomic E-state index is -3.47. The highest BCUT2D eigenvalue weighted by molar-refractivity contribution is 7.92. The SMILES string of the molecule is CCCOc1ccc(CCC(=O)N2CCC(S(=O)(=O)CC(=O)NC)CC2)cc1. The number of aryl methyl sites for hydroxylation is 1. The molecule has 1 heterocycles. The molecule has 0 aliphatic carbocycles. The van der Waals surface area contributed by atoms with Crippen LogP contribution in [0.3, 0.4) is 0 Å². The number of ether oxygens (including phenoxy) is 1. The predicted molar refractivity (Wildman–Crippen MR) is 108 cm³/mol. The van der Waals surface area contributed by atoms with E-state index in [2.05, 4.69) is 12.2 Å². The summed E-state index contributed by atoms with van der Waals surface area (Å²) in [6.45, 7) is 3.58. The minimum Gasteiger partial charge on any atom is -0.494 e. The number of nitrogens with one attached hydrogen (secondary N) is 1. The molecule has 1 N–H and O–H groups in total. The Morgan fingerprint density at radius 2 is 1.82 bits per heavy atom. The average Bonchev–Trinajstić information content (AvgIpc) is 2.71. The van der Waals surface area contributed by atoms with Crippen molar-refractivity contribution >= 4 is 21.7 Å². The van der Waals surface area contributed by atoms with Gasteiger partial charge in [-0.2, -0.15) is 0 Å². The fourth-order valence-corrected chi connectivity index (χ4v) is 4.89. The number of rotatable bonds is 9. The molecule has 156 valence electrons. The lowest BCUT2D eigenvalue weighted by Crippen LogP contribution is -2.44. The summed E-state index contributed by atoms with van der Waals surface area (Å²) in [6.07, 6.45) is 2.76. The zero-order chi connectivity index (χ0) is 20.6. The minimum absolute atomic E-state index is 0.0356. The molecule has 2 rings (SSSR count). The van der Waals surface area contributed by atoms with E-state index in [1.165, 1.54) is 7.05 Å². The second-order valence-electron chi connectivity index (χ2n) is 7.05. The van der Waals surface area contributed by atoms with Crippen LogP contribution in [0.15, 0.2) is 24.3 Å². The van der Waals surface area contributed by atoms with Crippen LogP contribution in [-0.2, 0) is 25.8 Å². The summed E-state index contributed by atoms with van der Waals surface area (Å²) in [5.41, 5.74) is 1.07. The largest absolute Gasteiger partial charge is 0.494 e. The lowest BCUT2D eigenvalue weighted by atomic mass is 10.1. The molecule has 28 heavy (non-hydrogen) atoms. The molecule has 1 aliphatic rings. The van der Waals surface area contributed by atoms with E-state index in [0.29, 0.717) is 45.4 Å². The quantitative estimate of drug-likeness (QED) is 0.667. The lowest BCUT2D eigenvalue weighted by molar-refractivity contribution is -0.132. The Balaban J connectivity index is 1.78. The van der Waals surface area contributed by atoms with Crippen molar-refractivity contribution in [3.8, 4) is 5.75 Å². The maximum absolute atomic E-state index is 12.4. The fourth-order valence-electron chi connectivity index (χ4n) is 3.22. The molecule has 1 aliphatic heterocycles. The van der Waals surface area contributed by atoms with Crippen LogP contribution in [0.2, 0.25) is 0 Å². The normalized spacial score (nSPS) is 15.3. The molecule has 1 aromatic carbocycles. The van der Waals surface area contributed by atoms with Crippen LogP contribution in [0.25, 0.3) is 0 Å². The molecule has 0 unspecified atom stereocenters. The average molecular weight is 411 g/mol. The van der Waals surface area contributed by atoms with Crippen LogP contribution in [-0.4, -0.2) is 62.9 Å². The maximum Gasteiger partial charge on any atom is 0.234 e. The molecule has 0 saturated carbocycles. The summed E-state index contributed by atoms with van der Waals surface area (Å²) in [4.78, 5) is 25.5. The molecule has 0 spiro atoms. The van der Waals surface area contributed by atoms with Gasteiger partial charge in [0.05, 0.1) is 11.9 Å². The molecule has 0 radical (unpaired) electrons. The molecule has 2 amide bonds. The first-order valence-electron chi connectivity index (χ1n) is 9.77. The third-order valence-corrected chi connectivity index (χ3v) is 7.09. The molecular weight excluding hydrogens is 380 g/mol. The van der Waals surface area contributed by atoms with Gasteiger partial charge >= 0.3 is 0 Å². The highest BCUT2D eigenvalue weighted by atomic mass is 32.2. The molecule has 1 aromatic rings. The topological polar surface area (TPSA) is 92.8 Å². The fraction of sp³-hybridized carbons (Fsp3) is 0.600. The van der Waals surface area contributed by atoms with Crippen molar-refractivity contribution in [3.63, 3.8) is 0 Å². The van der Waals surface area contributed by atoms with Gasteiger partial charge in [0.2, 0.25) is 11.8 Å². The Labute approximate surface area is 167 Å². The third-order valence-electron chi connectivity index (χ3n) is 4.94. The molecule has 7 nitrogen and oxygen atoms in total. The van der Waals surface area contributed by atoms with Gasteiger partial charge in [0.1, 0.15) is 11.5 Å². The van der Waals surface area contributed by atoms with E-state index < -0.39 is 26.7 Å². The van der Waals surface area contributed by atoms with E-state index >= 15 is 0 Å². The Morgan fingerprint density at radius 1 is 1.18 bits per heavy atom. The van der Waals surface area contributed by atoms with Crippen molar-refractivity contribution in [3.05, 3.63) is 29.8 Å². The van der Waals surface area contributed by atoms with E-state index in [1.54, 1.807) is 4.90 Å². The summed E-state index contributed by atoms with van der Waals surface area (Å²) >= 11 is 0. The monoisotopic (exact) mass is 410 g/mol. The molecule has 0 aromatic heterocycles. The second-order valence-corrected chi connectivity index (χ2v) is 9.33. The molecule has 0 bridgehead atoms. The van der Waals surface area contributed by atoms with Crippen molar-refractivity contribution in [2.45, 2.75) is 44.3 Å². The van der Waals surface area contributed by atoms with E-state index in [-0.39, 0.29) is 5.91 Å². The van der Waals surface area contributed by atoms with Crippen molar-refractivity contribution in [2.24, 2.45) is 0 Å². The summed E-state index contributed by atoms with van der Waals surface area (Å²) in [5, 5.41) is 1.79. The van der Waals surface area contributed by atoms with Gasteiger partial charge in [-0.25, -0.2) is 8.42 Å². The molecular formula is C20H30N2O5S. The number of carbonyl (C=O) groups excluding carboxylic acids is 2. The molecule has 1 fully saturated rings. The van der Waals surface area contributed by atoms with Gasteiger partial charge in [-0.15, -0.1) is 0 Å². The van der Waals surface area contributed by atoms with Crippen molar-refractivity contribution in [1.29, 1.82) is 0 Å². The lowest BCUT2D eigenvalue weighted by Gasteiger charge is -2.31. The van der Waals surface area contributed by atoms with E-state index in [1.807, 2.05) is 24.3 Å². The van der Waals surface area contributed by atoms with Crippen molar-refractivity contribution in [2.75, 3.05) is 32.5 Å². The summed E-state index contributed by atoms with van der Waals surface area (Å²) in [7, 11) is -2.05. The number of nitrogens with zero attached hydrogens (tertiary/aromatic N) is 1. The number of hydrogen-bond acceptors (Lipinski definition) is 5. The summed E-state index contributed by atoms with van der Waals surface area (Å²) < 4.78 is 30.1. The number of benzene rings is 1. The zero-order valence-corrected chi connectivity index (χ0v) is 17.5. The van der Waals surface area contributed by atoms with Crippen molar-refractivity contribution in [1.82, 2.24) is 10.2 Å². The first kappa shape index (κ1) is 22.2. The van der Waals surface area contributed by atoms with Gasteiger partial charge in [-0.3, -0.25) is 9.59 Å². The van der Waals surface area contributed by atoms with Crippen molar-refractivity contribution < 1.29 is 22.7 Å². The molecule has 0 atom stereocenters. The zero-order valence-electron chi connectivity index (χ0n) is 16.6. The summed E-state index contributed by atoms with van der Waals surface area (Å²) in [6, 6.07) is 7.77. The highest BCUT2D eigenvalue weighted by Crippen LogP contribution is 2.20.